The molecule has 1 rings (SSSR count). The Bertz CT molecular complexity index is 156. The summed E-state index contributed by atoms with van der Waals surface area (Å²) in [6.07, 6.45) is 2.71. The highest BCUT2D eigenvalue weighted by molar-refractivity contribution is 4.98. The molecular formula is C12H23N. The monoisotopic (exact) mass is 181 g/mol. The van der Waals surface area contributed by atoms with Gasteiger partial charge in [-0.05, 0) is 38.8 Å². The molecule has 0 unspecified atom stereocenters. The Morgan fingerprint density at radius 2 is 1.77 bits per heavy atom. The Hall–Kier alpha value is -0.480. The van der Waals surface area contributed by atoms with Gasteiger partial charge in [-0.15, -0.1) is 5.92 Å². The van der Waals surface area contributed by atoms with E-state index in [1.165, 1.54) is 25.9 Å². The maximum atomic E-state index is 3.11. The molecule has 1 aliphatic heterocycles. The zero-order chi connectivity index (χ0) is 10.1. The summed E-state index contributed by atoms with van der Waals surface area (Å²) in [5.74, 6) is 6.97. The fourth-order valence-corrected chi connectivity index (χ4v) is 1.41. The van der Waals surface area contributed by atoms with Crippen LogP contribution in [0, 0.1) is 17.8 Å². The molecule has 0 aromatic carbocycles. The Balaban J connectivity index is 0.000000671. The molecular weight excluding hydrogens is 158 g/mol. The van der Waals surface area contributed by atoms with Gasteiger partial charge >= 0.3 is 0 Å². The van der Waals surface area contributed by atoms with Gasteiger partial charge in [-0.3, -0.25) is 4.90 Å². The van der Waals surface area contributed by atoms with Gasteiger partial charge in [-0.2, -0.15) is 0 Å². The van der Waals surface area contributed by atoms with E-state index in [9.17, 15) is 0 Å². The van der Waals surface area contributed by atoms with Gasteiger partial charge < -0.3 is 0 Å². The standard InChI is InChI=1S/C10H17N.C2H6/c1-3-4-7-11-8-5-10(2)6-9-11;1-2/h10H,5-9H2,1-2H3;1-2H3. The van der Waals surface area contributed by atoms with Gasteiger partial charge in [-0.1, -0.05) is 26.7 Å². The topological polar surface area (TPSA) is 3.24 Å². The third-order valence-electron chi connectivity index (χ3n) is 2.36. The van der Waals surface area contributed by atoms with Gasteiger partial charge in [0.05, 0.1) is 6.54 Å². The van der Waals surface area contributed by atoms with Crippen LogP contribution in [0.2, 0.25) is 0 Å². The number of hydrogen-bond acceptors (Lipinski definition) is 1. The van der Waals surface area contributed by atoms with Crippen molar-refractivity contribution in [2.75, 3.05) is 19.6 Å². The van der Waals surface area contributed by atoms with Crippen molar-refractivity contribution >= 4 is 0 Å². The summed E-state index contributed by atoms with van der Waals surface area (Å²) < 4.78 is 0. The number of likely N-dealkylation sites (tertiary alicyclic amines) is 1. The normalized spacial score (nSPS) is 18.2. The first-order valence-corrected chi connectivity index (χ1v) is 5.45. The lowest BCUT2D eigenvalue weighted by molar-refractivity contribution is 0.213. The SMILES string of the molecule is CC.CC#CCN1CCC(C)CC1. The molecule has 0 spiro atoms. The Labute approximate surface area is 83.5 Å². The van der Waals surface area contributed by atoms with Gasteiger partial charge in [0.1, 0.15) is 0 Å². The largest absolute Gasteiger partial charge is 0.292 e. The third kappa shape index (κ3) is 5.71. The molecule has 0 aromatic heterocycles. The van der Waals surface area contributed by atoms with Crippen molar-refractivity contribution in [1.29, 1.82) is 0 Å². The first kappa shape index (κ1) is 12.5. The lowest BCUT2D eigenvalue weighted by Gasteiger charge is -2.28. The van der Waals surface area contributed by atoms with Crippen molar-refractivity contribution < 1.29 is 0 Å². The Morgan fingerprint density at radius 1 is 1.23 bits per heavy atom. The molecule has 1 heteroatoms. The van der Waals surface area contributed by atoms with E-state index in [-0.39, 0.29) is 0 Å². The van der Waals surface area contributed by atoms with Crippen LogP contribution in [-0.2, 0) is 0 Å². The van der Waals surface area contributed by atoms with E-state index >= 15 is 0 Å². The number of rotatable bonds is 1. The van der Waals surface area contributed by atoms with Crippen molar-refractivity contribution in [2.24, 2.45) is 5.92 Å². The van der Waals surface area contributed by atoms with E-state index in [0.717, 1.165) is 12.5 Å². The molecule has 0 radical (unpaired) electrons. The number of hydrogen-bond donors (Lipinski definition) is 0. The van der Waals surface area contributed by atoms with E-state index in [0.29, 0.717) is 0 Å². The molecule has 0 N–H and O–H groups in total. The van der Waals surface area contributed by atoms with Crippen LogP contribution >= 0.6 is 0 Å². The van der Waals surface area contributed by atoms with Crippen molar-refractivity contribution in [3.8, 4) is 11.8 Å². The van der Waals surface area contributed by atoms with Gasteiger partial charge in [0.2, 0.25) is 0 Å². The fourth-order valence-electron chi connectivity index (χ4n) is 1.41. The maximum Gasteiger partial charge on any atom is 0.0601 e. The Kier molecular flexibility index (Phi) is 7.83. The highest BCUT2D eigenvalue weighted by Crippen LogP contribution is 2.14. The molecule has 0 atom stereocenters. The molecule has 1 nitrogen and oxygen atoms in total. The summed E-state index contributed by atoms with van der Waals surface area (Å²) in [6.45, 7) is 11.7. The summed E-state index contributed by atoms with van der Waals surface area (Å²) in [6, 6.07) is 0. The molecule has 0 aromatic rings. The summed E-state index contributed by atoms with van der Waals surface area (Å²) in [5, 5.41) is 0. The summed E-state index contributed by atoms with van der Waals surface area (Å²) in [4.78, 5) is 2.44. The van der Waals surface area contributed by atoms with E-state index in [2.05, 4.69) is 23.7 Å². The molecule has 0 saturated carbocycles. The Morgan fingerprint density at radius 3 is 2.23 bits per heavy atom. The number of nitrogens with zero attached hydrogens (tertiary/aromatic N) is 1. The van der Waals surface area contributed by atoms with Gasteiger partial charge in [0.25, 0.3) is 0 Å². The van der Waals surface area contributed by atoms with E-state index in [1.54, 1.807) is 0 Å². The summed E-state index contributed by atoms with van der Waals surface area (Å²) >= 11 is 0. The smallest absolute Gasteiger partial charge is 0.0601 e. The fraction of sp³-hybridized carbons (Fsp3) is 0.833. The van der Waals surface area contributed by atoms with Crippen molar-refractivity contribution in [2.45, 2.75) is 40.5 Å². The van der Waals surface area contributed by atoms with Crippen molar-refractivity contribution in [1.82, 2.24) is 4.90 Å². The zero-order valence-electron chi connectivity index (χ0n) is 9.56. The minimum atomic E-state index is 0.931. The van der Waals surface area contributed by atoms with Gasteiger partial charge in [0, 0.05) is 0 Å². The van der Waals surface area contributed by atoms with Crippen LogP contribution in [0.4, 0.5) is 0 Å². The second-order valence-corrected chi connectivity index (χ2v) is 3.39. The van der Waals surface area contributed by atoms with Gasteiger partial charge in [0.15, 0.2) is 0 Å². The van der Waals surface area contributed by atoms with E-state index in [4.69, 9.17) is 0 Å². The number of piperidine rings is 1. The molecule has 0 aliphatic carbocycles. The lowest BCUT2D eigenvalue weighted by Crippen LogP contribution is -2.33. The van der Waals surface area contributed by atoms with Crippen molar-refractivity contribution in [3.63, 3.8) is 0 Å². The molecule has 13 heavy (non-hydrogen) atoms. The van der Waals surface area contributed by atoms with Crippen LogP contribution in [0.3, 0.4) is 0 Å². The molecule has 0 amide bonds. The van der Waals surface area contributed by atoms with Crippen LogP contribution in [0.15, 0.2) is 0 Å². The highest BCUT2D eigenvalue weighted by Gasteiger charge is 2.13. The third-order valence-corrected chi connectivity index (χ3v) is 2.36. The predicted molar refractivity (Wildman–Crippen MR) is 59.6 cm³/mol. The average molecular weight is 181 g/mol. The molecule has 1 aliphatic rings. The van der Waals surface area contributed by atoms with Crippen LogP contribution < -0.4 is 0 Å². The van der Waals surface area contributed by atoms with E-state index < -0.39 is 0 Å². The molecule has 76 valence electrons. The lowest BCUT2D eigenvalue weighted by atomic mass is 9.99. The second kappa shape index (κ2) is 8.13. The minimum Gasteiger partial charge on any atom is -0.292 e. The maximum absolute atomic E-state index is 3.11. The molecule has 1 fully saturated rings. The molecule has 1 saturated heterocycles. The highest BCUT2D eigenvalue weighted by atomic mass is 15.1. The van der Waals surface area contributed by atoms with Crippen LogP contribution in [0.1, 0.15) is 40.5 Å². The van der Waals surface area contributed by atoms with Crippen LogP contribution in [-0.4, -0.2) is 24.5 Å². The summed E-state index contributed by atoms with van der Waals surface area (Å²) in [5.41, 5.74) is 0. The molecule has 1 heterocycles. The van der Waals surface area contributed by atoms with E-state index in [1.807, 2.05) is 20.8 Å². The second-order valence-electron chi connectivity index (χ2n) is 3.39. The van der Waals surface area contributed by atoms with Crippen LogP contribution in [0.5, 0.6) is 0 Å². The quantitative estimate of drug-likeness (QED) is 0.562. The average Bonchev–Trinajstić information content (AvgIpc) is 2.20. The minimum absolute atomic E-state index is 0.931. The van der Waals surface area contributed by atoms with Gasteiger partial charge in [-0.25, -0.2) is 0 Å². The summed E-state index contributed by atoms with van der Waals surface area (Å²) in [7, 11) is 0. The molecule has 0 bridgehead atoms. The van der Waals surface area contributed by atoms with Crippen LogP contribution in [0.25, 0.3) is 0 Å². The zero-order valence-corrected chi connectivity index (χ0v) is 9.56. The predicted octanol–water partition coefficient (Wildman–Crippen LogP) is 2.77. The first-order chi connectivity index (χ1) is 6.33. The van der Waals surface area contributed by atoms with Crippen molar-refractivity contribution in [3.05, 3.63) is 0 Å². The first-order valence-electron chi connectivity index (χ1n) is 5.45.